The lowest BCUT2D eigenvalue weighted by atomic mass is 10.5. The molecule has 0 aromatic carbocycles. The van der Waals surface area contributed by atoms with Crippen LogP contribution in [0.2, 0.25) is 0 Å². The summed E-state index contributed by atoms with van der Waals surface area (Å²) in [7, 11) is 0. The van der Waals surface area contributed by atoms with E-state index in [2.05, 4.69) is 10.1 Å². The third-order valence-corrected chi connectivity index (χ3v) is 1.21. The molecule has 0 unspecified atom stereocenters. The summed E-state index contributed by atoms with van der Waals surface area (Å²) in [6.45, 7) is 2.90. The van der Waals surface area contributed by atoms with E-state index in [0.29, 0.717) is 5.69 Å². The first-order valence-electron chi connectivity index (χ1n) is 3.06. The molecule has 0 saturated heterocycles. The van der Waals surface area contributed by atoms with Gasteiger partial charge in [-0.25, -0.2) is 4.98 Å². The van der Waals surface area contributed by atoms with Gasteiger partial charge < -0.3 is 9.77 Å². The zero-order valence-electron chi connectivity index (χ0n) is 5.73. The van der Waals surface area contributed by atoms with E-state index in [1.165, 1.54) is 6.21 Å². The third-order valence-electron chi connectivity index (χ3n) is 1.21. The molecule has 0 spiro atoms. The van der Waals surface area contributed by atoms with E-state index < -0.39 is 0 Å². The van der Waals surface area contributed by atoms with Crippen molar-refractivity contribution >= 4 is 6.21 Å². The summed E-state index contributed by atoms with van der Waals surface area (Å²) in [5.41, 5.74) is 0.671. The van der Waals surface area contributed by atoms with E-state index in [1.54, 1.807) is 12.5 Å². The Morgan fingerprint density at radius 1 is 1.90 bits per heavy atom. The molecule has 0 aliphatic heterocycles. The van der Waals surface area contributed by atoms with Crippen LogP contribution in [0.25, 0.3) is 0 Å². The highest BCUT2D eigenvalue weighted by atomic mass is 16.4. The maximum absolute atomic E-state index is 8.12. The first-order valence-corrected chi connectivity index (χ1v) is 3.06. The molecule has 0 radical (unpaired) electrons. The molecule has 1 heterocycles. The Hall–Kier alpha value is -1.32. The Morgan fingerprint density at radius 3 is 3.20 bits per heavy atom. The Labute approximate surface area is 58.8 Å². The molecule has 10 heavy (non-hydrogen) atoms. The van der Waals surface area contributed by atoms with Crippen molar-refractivity contribution in [3.8, 4) is 0 Å². The summed E-state index contributed by atoms with van der Waals surface area (Å²) in [4.78, 5) is 3.93. The highest BCUT2D eigenvalue weighted by molar-refractivity contribution is 5.75. The fraction of sp³-hybridized carbons (Fsp3) is 0.333. The molecule has 4 nitrogen and oxygen atoms in total. The smallest absolute Gasteiger partial charge is 0.103 e. The molecule has 0 bridgehead atoms. The van der Waals surface area contributed by atoms with Gasteiger partial charge in [-0.2, -0.15) is 0 Å². The molecule has 0 saturated carbocycles. The number of aryl methyl sites for hydroxylation is 1. The van der Waals surface area contributed by atoms with E-state index in [0.717, 1.165) is 6.54 Å². The van der Waals surface area contributed by atoms with Crippen LogP contribution in [0.15, 0.2) is 17.7 Å². The number of aromatic nitrogens is 2. The summed E-state index contributed by atoms with van der Waals surface area (Å²) in [6.07, 6.45) is 4.79. The fourth-order valence-electron chi connectivity index (χ4n) is 0.676. The van der Waals surface area contributed by atoms with Gasteiger partial charge in [0.2, 0.25) is 0 Å². The van der Waals surface area contributed by atoms with Gasteiger partial charge in [0.15, 0.2) is 0 Å². The second-order valence-corrected chi connectivity index (χ2v) is 1.87. The summed E-state index contributed by atoms with van der Waals surface area (Å²) in [6, 6.07) is 0. The van der Waals surface area contributed by atoms with E-state index in [1.807, 2.05) is 11.5 Å². The van der Waals surface area contributed by atoms with Crippen molar-refractivity contribution in [2.45, 2.75) is 13.5 Å². The zero-order valence-corrected chi connectivity index (χ0v) is 5.73. The van der Waals surface area contributed by atoms with Crippen LogP contribution in [0.5, 0.6) is 0 Å². The van der Waals surface area contributed by atoms with Crippen LogP contribution in [0.1, 0.15) is 12.6 Å². The third kappa shape index (κ3) is 1.34. The molecule has 54 valence electrons. The van der Waals surface area contributed by atoms with Gasteiger partial charge in [0.25, 0.3) is 0 Å². The minimum atomic E-state index is 0.671. The molecule has 0 amide bonds. The highest BCUT2D eigenvalue weighted by Gasteiger charge is 1.91. The first kappa shape index (κ1) is 6.80. The van der Waals surface area contributed by atoms with Gasteiger partial charge in [-0.3, -0.25) is 0 Å². The quantitative estimate of drug-likeness (QED) is 0.372. The largest absolute Gasteiger partial charge is 0.411 e. The topological polar surface area (TPSA) is 50.4 Å². The number of hydrogen-bond donors (Lipinski definition) is 1. The van der Waals surface area contributed by atoms with Crippen molar-refractivity contribution in [1.29, 1.82) is 0 Å². The predicted octanol–water partition coefficient (Wildman–Crippen LogP) is 0.711. The van der Waals surface area contributed by atoms with Gasteiger partial charge in [0.05, 0.1) is 12.5 Å². The predicted molar refractivity (Wildman–Crippen MR) is 37.3 cm³/mol. The van der Waals surface area contributed by atoms with Crippen LogP contribution < -0.4 is 0 Å². The van der Waals surface area contributed by atoms with E-state index in [-0.39, 0.29) is 0 Å². The van der Waals surface area contributed by atoms with Crippen LogP contribution in [-0.2, 0) is 6.54 Å². The van der Waals surface area contributed by atoms with Gasteiger partial charge in [-0.05, 0) is 6.92 Å². The van der Waals surface area contributed by atoms with E-state index in [4.69, 9.17) is 5.21 Å². The molecule has 0 atom stereocenters. The monoisotopic (exact) mass is 139 g/mol. The molecule has 1 aromatic heterocycles. The van der Waals surface area contributed by atoms with Gasteiger partial charge in [-0.15, -0.1) is 0 Å². The van der Waals surface area contributed by atoms with E-state index >= 15 is 0 Å². The highest BCUT2D eigenvalue weighted by Crippen LogP contribution is 1.91. The molecule has 0 aliphatic rings. The van der Waals surface area contributed by atoms with Crippen LogP contribution >= 0.6 is 0 Å². The lowest BCUT2D eigenvalue weighted by molar-refractivity contribution is 0.321. The van der Waals surface area contributed by atoms with Gasteiger partial charge >= 0.3 is 0 Å². The molecular formula is C6H9N3O. The first-order chi connectivity index (χ1) is 4.86. The van der Waals surface area contributed by atoms with Gasteiger partial charge in [-0.1, -0.05) is 5.16 Å². The number of imidazole rings is 1. The number of oxime groups is 1. The van der Waals surface area contributed by atoms with Crippen molar-refractivity contribution < 1.29 is 5.21 Å². The normalized spacial score (nSPS) is 10.9. The summed E-state index contributed by atoms with van der Waals surface area (Å²) in [5.74, 6) is 0. The van der Waals surface area contributed by atoms with Crippen LogP contribution in [0.3, 0.4) is 0 Å². The maximum atomic E-state index is 8.12. The number of nitrogens with zero attached hydrogens (tertiary/aromatic N) is 3. The standard InChI is InChI=1S/C6H9N3O/c1-2-9-4-6(3-8-10)7-5-9/h3-5,10H,2H2,1H3. The fourth-order valence-corrected chi connectivity index (χ4v) is 0.676. The summed E-state index contributed by atoms with van der Waals surface area (Å²) in [5, 5.41) is 11.0. The molecule has 0 aliphatic carbocycles. The lowest BCUT2D eigenvalue weighted by Crippen LogP contribution is -1.87. The average Bonchev–Trinajstić information content (AvgIpc) is 2.37. The summed E-state index contributed by atoms with van der Waals surface area (Å²) < 4.78 is 1.90. The SMILES string of the molecule is CCn1cnc(C=NO)c1. The van der Waals surface area contributed by atoms with Crippen molar-refractivity contribution in [1.82, 2.24) is 9.55 Å². The van der Waals surface area contributed by atoms with E-state index in [9.17, 15) is 0 Å². The molecule has 1 N–H and O–H groups in total. The average molecular weight is 139 g/mol. The van der Waals surface area contributed by atoms with Gasteiger partial charge in [0, 0.05) is 12.7 Å². The van der Waals surface area contributed by atoms with Crippen molar-refractivity contribution in [3.63, 3.8) is 0 Å². The van der Waals surface area contributed by atoms with Crippen LogP contribution in [-0.4, -0.2) is 21.0 Å². The van der Waals surface area contributed by atoms with Crippen molar-refractivity contribution in [2.24, 2.45) is 5.16 Å². The molecule has 1 rings (SSSR count). The molecular weight excluding hydrogens is 130 g/mol. The summed E-state index contributed by atoms with van der Waals surface area (Å²) >= 11 is 0. The minimum absolute atomic E-state index is 0.671. The van der Waals surface area contributed by atoms with Crippen molar-refractivity contribution in [2.75, 3.05) is 0 Å². The maximum Gasteiger partial charge on any atom is 0.103 e. The zero-order chi connectivity index (χ0) is 7.40. The Balaban J connectivity index is 2.78. The van der Waals surface area contributed by atoms with Crippen LogP contribution in [0, 0.1) is 0 Å². The van der Waals surface area contributed by atoms with Gasteiger partial charge in [0.1, 0.15) is 5.69 Å². The minimum Gasteiger partial charge on any atom is -0.411 e. The Morgan fingerprint density at radius 2 is 2.70 bits per heavy atom. The lowest BCUT2D eigenvalue weighted by Gasteiger charge is -1.88. The van der Waals surface area contributed by atoms with Crippen LogP contribution in [0.4, 0.5) is 0 Å². The second-order valence-electron chi connectivity index (χ2n) is 1.87. The molecule has 0 fully saturated rings. The molecule has 1 aromatic rings. The Kier molecular flexibility index (Phi) is 2.04. The second kappa shape index (κ2) is 3.00. The van der Waals surface area contributed by atoms with Crippen molar-refractivity contribution in [3.05, 3.63) is 18.2 Å². The molecule has 4 heteroatoms. The number of rotatable bonds is 2. The number of hydrogen-bond acceptors (Lipinski definition) is 3. The Bertz CT molecular complexity index is 229.